The molecule has 1 aliphatic rings. The zero-order valence-electron chi connectivity index (χ0n) is 17.2. The maximum absolute atomic E-state index is 12.7. The molecule has 0 aliphatic carbocycles. The molecule has 9 heteroatoms. The van der Waals surface area contributed by atoms with E-state index in [0.29, 0.717) is 29.7 Å². The molecule has 1 amide bonds. The number of halogens is 2. The van der Waals surface area contributed by atoms with Crippen LogP contribution >= 0.6 is 23.2 Å². The van der Waals surface area contributed by atoms with Crippen LogP contribution in [0.4, 0.5) is 4.79 Å². The summed E-state index contributed by atoms with van der Waals surface area (Å²) in [6.45, 7) is 6.75. The maximum Gasteiger partial charge on any atom is 0.410 e. The second-order valence-electron chi connectivity index (χ2n) is 8.16. The van der Waals surface area contributed by atoms with Gasteiger partial charge in [0.15, 0.2) is 0 Å². The summed E-state index contributed by atoms with van der Waals surface area (Å²) in [5, 5.41) is 4.99. The first-order chi connectivity index (χ1) is 14.1. The van der Waals surface area contributed by atoms with E-state index < -0.39 is 17.8 Å². The Balaban J connectivity index is 1.92. The van der Waals surface area contributed by atoms with E-state index in [4.69, 9.17) is 32.7 Å². The smallest absolute Gasteiger partial charge is 0.410 e. The zero-order valence-corrected chi connectivity index (χ0v) is 18.7. The molecule has 162 valence electrons. The summed E-state index contributed by atoms with van der Waals surface area (Å²) in [5.41, 5.74) is 0.0281. The molecule has 0 saturated carbocycles. The minimum Gasteiger partial charge on any atom is -0.444 e. The molecule has 1 aromatic carbocycles. The van der Waals surface area contributed by atoms with Crippen LogP contribution in [-0.4, -0.2) is 52.2 Å². The van der Waals surface area contributed by atoms with Gasteiger partial charge in [0.1, 0.15) is 5.60 Å². The molecule has 2 heterocycles. The Kier molecular flexibility index (Phi) is 7.06. The fraction of sp³-hybridized carbons (Fsp3) is 0.476. The van der Waals surface area contributed by atoms with Gasteiger partial charge in [-0.2, -0.15) is 5.10 Å². The zero-order chi connectivity index (χ0) is 21.9. The highest BCUT2D eigenvalue weighted by Gasteiger charge is 2.34. The van der Waals surface area contributed by atoms with Crippen molar-refractivity contribution >= 4 is 29.3 Å². The van der Waals surface area contributed by atoms with Gasteiger partial charge < -0.3 is 14.4 Å². The molecule has 1 fully saturated rings. The van der Waals surface area contributed by atoms with Crippen molar-refractivity contribution in [3.63, 3.8) is 0 Å². The van der Waals surface area contributed by atoms with Crippen LogP contribution in [0.25, 0.3) is 0 Å². The highest BCUT2D eigenvalue weighted by Crippen LogP contribution is 2.32. The third kappa shape index (κ3) is 5.74. The van der Waals surface area contributed by atoms with Gasteiger partial charge in [0.25, 0.3) is 5.56 Å². The van der Waals surface area contributed by atoms with Crippen LogP contribution < -0.4 is 5.56 Å². The molecule has 30 heavy (non-hydrogen) atoms. The average molecular weight is 454 g/mol. The van der Waals surface area contributed by atoms with Crippen molar-refractivity contribution in [1.82, 2.24) is 14.7 Å². The Morgan fingerprint density at radius 2 is 2.03 bits per heavy atom. The minimum absolute atomic E-state index is 0.220. The van der Waals surface area contributed by atoms with Crippen LogP contribution in [0.3, 0.4) is 0 Å². The van der Waals surface area contributed by atoms with E-state index >= 15 is 0 Å². The summed E-state index contributed by atoms with van der Waals surface area (Å²) in [6.07, 6.45) is 0.744. The van der Waals surface area contributed by atoms with Gasteiger partial charge in [-0.15, -0.1) is 0 Å². The summed E-state index contributed by atoms with van der Waals surface area (Å²) in [6, 6.07) is 8.38. The van der Waals surface area contributed by atoms with E-state index in [-0.39, 0.29) is 18.0 Å². The first kappa shape index (κ1) is 22.6. The number of rotatable bonds is 3. The lowest BCUT2D eigenvalue weighted by molar-refractivity contribution is 0.0220. The molecule has 0 bridgehead atoms. The van der Waals surface area contributed by atoms with Gasteiger partial charge in [-0.25, -0.2) is 9.48 Å². The number of amides is 1. The van der Waals surface area contributed by atoms with Crippen molar-refractivity contribution in [1.29, 1.82) is 0 Å². The number of aromatic nitrogens is 2. The first-order valence-corrected chi connectivity index (χ1v) is 10.5. The van der Waals surface area contributed by atoms with Crippen LogP contribution in [0.5, 0.6) is 0 Å². The lowest BCUT2D eigenvalue weighted by Crippen LogP contribution is -2.40. The van der Waals surface area contributed by atoms with Gasteiger partial charge in [-0.3, -0.25) is 4.79 Å². The number of carbonyl (C=O) groups is 1. The standard InChI is InChI=1S/C21H25Cl2N3O4/c1-21(2,3)30-20(28)25-9-10-29-18(13-26-19(27)5-4-8-24-26)15(12-25)14-6-7-16(22)17(23)11-14/h4-8,11,15,18H,9-10,12-13H2,1-3H3/t15-,18+/m0/s1. The largest absolute Gasteiger partial charge is 0.444 e. The van der Waals surface area contributed by atoms with E-state index in [1.165, 1.54) is 10.7 Å². The van der Waals surface area contributed by atoms with Crippen molar-refractivity contribution in [2.75, 3.05) is 19.7 Å². The van der Waals surface area contributed by atoms with E-state index in [1.807, 2.05) is 26.8 Å². The molecule has 2 atom stereocenters. The highest BCUT2D eigenvalue weighted by molar-refractivity contribution is 6.42. The Bertz CT molecular complexity index is 958. The number of ether oxygens (including phenoxy) is 2. The molecule has 0 spiro atoms. The SMILES string of the molecule is CC(C)(C)OC(=O)N1CCO[C@H](Cn2ncccc2=O)[C@H](c2ccc(Cl)c(Cl)c2)C1. The van der Waals surface area contributed by atoms with E-state index in [2.05, 4.69) is 5.10 Å². The number of hydrogen-bond donors (Lipinski definition) is 0. The van der Waals surface area contributed by atoms with Crippen LogP contribution in [0, 0.1) is 0 Å². The quantitative estimate of drug-likeness (QED) is 0.702. The Morgan fingerprint density at radius 1 is 1.27 bits per heavy atom. The number of benzene rings is 1. The Labute approximate surface area is 185 Å². The first-order valence-electron chi connectivity index (χ1n) is 9.70. The van der Waals surface area contributed by atoms with E-state index in [1.54, 1.807) is 29.3 Å². The van der Waals surface area contributed by atoms with Crippen molar-refractivity contribution in [3.05, 3.63) is 62.5 Å². The predicted octanol–water partition coefficient (Wildman–Crippen LogP) is 3.97. The minimum atomic E-state index is -0.607. The Morgan fingerprint density at radius 3 is 2.70 bits per heavy atom. The van der Waals surface area contributed by atoms with E-state index in [0.717, 1.165) is 5.56 Å². The third-order valence-electron chi connectivity index (χ3n) is 4.72. The molecule has 7 nitrogen and oxygen atoms in total. The normalized spacial score (nSPS) is 20.0. The molecule has 1 aromatic heterocycles. The molecule has 1 saturated heterocycles. The highest BCUT2D eigenvalue weighted by atomic mass is 35.5. The third-order valence-corrected chi connectivity index (χ3v) is 5.46. The van der Waals surface area contributed by atoms with Crippen LogP contribution in [0.2, 0.25) is 10.0 Å². The van der Waals surface area contributed by atoms with Gasteiger partial charge in [0.05, 0.1) is 29.3 Å². The maximum atomic E-state index is 12.7. The van der Waals surface area contributed by atoms with Crippen molar-refractivity contribution < 1.29 is 14.3 Å². The monoisotopic (exact) mass is 453 g/mol. The number of nitrogens with zero attached hydrogens (tertiary/aromatic N) is 3. The van der Waals surface area contributed by atoms with Crippen LogP contribution in [0.1, 0.15) is 32.3 Å². The molecule has 0 N–H and O–H groups in total. The summed E-state index contributed by atoms with van der Waals surface area (Å²) in [5.74, 6) is -0.260. The Hall–Kier alpha value is -2.09. The lowest BCUT2D eigenvalue weighted by atomic mass is 9.92. The van der Waals surface area contributed by atoms with Gasteiger partial charge in [0.2, 0.25) is 0 Å². The number of hydrogen-bond acceptors (Lipinski definition) is 5. The summed E-state index contributed by atoms with van der Waals surface area (Å²) in [4.78, 5) is 26.5. The van der Waals surface area contributed by atoms with Crippen molar-refractivity contribution in [2.45, 2.75) is 44.9 Å². The molecule has 0 unspecified atom stereocenters. The molecule has 0 radical (unpaired) electrons. The predicted molar refractivity (Wildman–Crippen MR) is 115 cm³/mol. The molecular formula is C21H25Cl2N3O4. The number of carbonyl (C=O) groups excluding carboxylic acids is 1. The van der Waals surface area contributed by atoms with E-state index in [9.17, 15) is 9.59 Å². The summed E-state index contributed by atoms with van der Waals surface area (Å²) in [7, 11) is 0. The van der Waals surface area contributed by atoms with Crippen LogP contribution in [-0.2, 0) is 16.0 Å². The second-order valence-corrected chi connectivity index (χ2v) is 8.97. The van der Waals surface area contributed by atoms with Gasteiger partial charge >= 0.3 is 6.09 Å². The van der Waals surface area contributed by atoms with Gasteiger partial charge in [-0.05, 0) is 44.5 Å². The van der Waals surface area contributed by atoms with Crippen LogP contribution in [0.15, 0.2) is 41.3 Å². The molecule has 1 aliphatic heterocycles. The lowest BCUT2D eigenvalue weighted by Gasteiger charge is -2.30. The van der Waals surface area contributed by atoms with Crippen molar-refractivity contribution in [2.24, 2.45) is 0 Å². The topological polar surface area (TPSA) is 73.7 Å². The van der Waals surface area contributed by atoms with Gasteiger partial charge in [-0.1, -0.05) is 29.3 Å². The average Bonchev–Trinajstić information content (AvgIpc) is 2.87. The second kappa shape index (κ2) is 9.37. The molecule has 3 rings (SSSR count). The fourth-order valence-corrected chi connectivity index (χ4v) is 3.61. The summed E-state index contributed by atoms with van der Waals surface area (Å²) >= 11 is 12.3. The van der Waals surface area contributed by atoms with Gasteiger partial charge in [0, 0.05) is 31.3 Å². The fourth-order valence-electron chi connectivity index (χ4n) is 3.31. The van der Waals surface area contributed by atoms with Crippen molar-refractivity contribution in [3.8, 4) is 0 Å². The molecule has 2 aromatic rings. The molecular weight excluding hydrogens is 429 g/mol. The summed E-state index contributed by atoms with van der Waals surface area (Å²) < 4.78 is 13.0.